The molecule has 3 rings (SSSR count). The van der Waals surface area contributed by atoms with Gasteiger partial charge < -0.3 is 4.74 Å². The van der Waals surface area contributed by atoms with Gasteiger partial charge in [-0.3, -0.25) is 4.79 Å². The molecule has 0 saturated heterocycles. The summed E-state index contributed by atoms with van der Waals surface area (Å²) < 4.78 is 18.8. The van der Waals surface area contributed by atoms with Crippen LogP contribution in [0, 0.1) is 5.82 Å². The fraction of sp³-hybridized carbons (Fsp3) is 0.0909. The van der Waals surface area contributed by atoms with E-state index >= 15 is 0 Å². The first-order valence-corrected chi connectivity index (χ1v) is 8.22. The number of carbonyl (C=O) groups is 2. The van der Waals surface area contributed by atoms with Crippen molar-refractivity contribution in [3.8, 4) is 0 Å². The minimum atomic E-state index is -0.627. The molecular weight excluding hydrogens is 331 g/mol. The number of Topliss-reactive ketones (excluding diaryl/α,β-unsaturated/α-hetero) is 1. The fourth-order valence-electron chi connectivity index (χ4n) is 2.66. The molecule has 3 aromatic rings. The molecule has 0 fully saturated rings. The average Bonchev–Trinajstić information content (AvgIpc) is 2.67. The van der Waals surface area contributed by atoms with Gasteiger partial charge in [0, 0.05) is 0 Å². The van der Waals surface area contributed by atoms with Gasteiger partial charge in [-0.2, -0.15) is 0 Å². The van der Waals surface area contributed by atoms with E-state index in [-0.39, 0.29) is 5.56 Å². The standard InChI is InChI=1S/C22H17FO3/c23-20-13-7-6-12-19(20)21(24)15-26-22(25)18-11-5-4-10-17(18)14-16-8-2-1-3-9-16/h1-13H,14-15H2. The van der Waals surface area contributed by atoms with E-state index in [0.717, 1.165) is 11.1 Å². The van der Waals surface area contributed by atoms with Gasteiger partial charge in [-0.25, -0.2) is 9.18 Å². The van der Waals surface area contributed by atoms with Crippen LogP contribution < -0.4 is 0 Å². The van der Waals surface area contributed by atoms with Crippen molar-refractivity contribution in [2.75, 3.05) is 6.61 Å². The normalized spacial score (nSPS) is 10.3. The topological polar surface area (TPSA) is 43.4 Å². The van der Waals surface area contributed by atoms with Crippen molar-refractivity contribution in [3.05, 3.63) is 107 Å². The van der Waals surface area contributed by atoms with Crippen LogP contribution in [0.2, 0.25) is 0 Å². The van der Waals surface area contributed by atoms with Crippen LogP contribution in [-0.2, 0) is 11.2 Å². The van der Waals surface area contributed by atoms with Crippen molar-refractivity contribution in [1.82, 2.24) is 0 Å². The molecule has 0 amide bonds. The molecule has 0 aromatic heterocycles. The maximum absolute atomic E-state index is 13.6. The smallest absolute Gasteiger partial charge is 0.338 e. The Kier molecular flexibility index (Phi) is 5.54. The number of benzene rings is 3. The van der Waals surface area contributed by atoms with Gasteiger partial charge in [0.15, 0.2) is 6.61 Å². The monoisotopic (exact) mass is 348 g/mol. The minimum Gasteiger partial charge on any atom is -0.454 e. The summed E-state index contributed by atoms with van der Waals surface area (Å²) in [5, 5.41) is 0. The van der Waals surface area contributed by atoms with E-state index in [4.69, 9.17) is 4.74 Å². The van der Waals surface area contributed by atoms with Gasteiger partial charge >= 0.3 is 5.97 Å². The Morgan fingerprint density at radius 1 is 0.769 bits per heavy atom. The summed E-state index contributed by atoms with van der Waals surface area (Å²) in [6, 6.07) is 22.5. The lowest BCUT2D eigenvalue weighted by molar-refractivity contribution is 0.0472. The van der Waals surface area contributed by atoms with Crippen LogP contribution in [0.25, 0.3) is 0 Å². The van der Waals surface area contributed by atoms with Crippen LogP contribution in [0.15, 0.2) is 78.9 Å². The highest BCUT2D eigenvalue weighted by Gasteiger charge is 2.17. The lowest BCUT2D eigenvalue weighted by atomic mass is 10.00. The Balaban J connectivity index is 1.70. The highest BCUT2D eigenvalue weighted by molar-refractivity contribution is 5.99. The third-order valence-electron chi connectivity index (χ3n) is 3.98. The summed E-state index contributed by atoms with van der Waals surface area (Å²) in [6.07, 6.45) is 0.577. The molecule has 0 radical (unpaired) electrons. The Morgan fingerprint density at radius 3 is 2.12 bits per heavy atom. The van der Waals surface area contributed by atoms with E-state index in [1.807, 2.05) is 42.5 Å². The number of hydrogen-bond donors (Lipinski definition) is 0. The highest BCUT2D eigenvalue weighted by atomic mass is 19.1. The molecule has 0 heterocycles. The summed E-state index contributed by atoms with van der Waals surface area (Å²) in [7, 11) is 0. The van der Waals surface area contributed by atoms with E-state index in [1.54, 1.807) is 18.2 Å². The van der Waals surface area contributed by atoms with Crippen LogP contribution in [-0.4, -0.2) is 18.4 Å². The van der Waals surface area contributed by atoms with E-state index in [0.29, 0.717) is 12.0 Å². The fourth-order valence-corrected chi connectivity index (χ4v) is 2.66. The second kappa shape index (κ2) is 8.21. The van der Waals surface area contributed by atoms with Crippen molar-refractivity contribution < 1.29 is 18.7 Å². The maximum Gasteiger partial charge on any atom is 0.338 e. The number of esters is 1. The van der Waals surface area contributed by atoms with Gasteiger partial charge in [-0.15, -0.1) is 0 Å². The molecule has 0 unspecified atom stereocenters. The third-order valence-corrected chi connectivity index (χ3v) is 3.98. The van der Waals surface area contributed by atoms with Crippen LogP contribution in [0.5, 0.6) is 0 Å². The molecule has 4 heteroatoms. The molecule has 3 aromatic carbocycles. The molecule has 0 N–H and O–H groups in total. The van der Waals surface area contributed by atoms with Crippen molar-refractivity contribution in [2.24, 2.45) is 0 Å². The van der Waals surface area contributed by atoms with Crippen molar-refractivity contribution >= 4 is 11.8 Å². The molecular formula is C22H17FO3. The molecule has 0 bridgehead atoms. The van der Waals surface area contributed by atoms with E-state index in [2.05, 4.69) is 0 Å². The Labute approximate surface area is 151 Å². The molecule has 130 valence electrons. The zero-order valence-electron chi connectivity index (χ0n) is 14.0. The summed E-state index contributed by atoms with van der Waals surface area (Å²) in [5.41, 5.74) is 2.19. The molecule has 0 aliphatic carbocycles. The quantitative estimate of drug-likeness (QED) is 0.488. The first-order chi connectivity index (χ1) is 12.6. The first-order valence-electron chi connectivity index (χ1n) is 8.22. The third kappa shape index (κ3) is 4.22. The van der Waals surface area contributed by atoms with Gasteiger partial charge in [0.1, 0.15) is 5.82 Å². The molecule has 0 saturated carbocycles. The van der Waals surface area contributed by atoms with Crippen LogP contribution in [0.4, 0.5) is 4.39 Å². The molecule has 0 atom stereocenters. The second-order valence-electron chi connectivity index (χ2n) is 5.80. The Bertz CT molecular complexity index is 919. The summed E-state index contributed by atoms with van der Waals surface area (Å²) >= 11 is 0. The van der Waals surface area contributed by atoms with Crippen molar-refractivity contribution in [2.45, 2.75) is 6.42 Å². The van der Waals surface area contributed by atoms with Crippen LogP contribution >= 0.6 is 0 Å². The number of ketones is 1. The SMILES string of the molecule is O=C(COC(=O)c1ccccc1Cc1ccccc1)c1ccccc1F. The largest absolute Gasteiger partial charge is 0.454 e. The van der Waals surface area contributed by atoms with E-state index in [9.17, 15) is 14.0 Å². The zero-order chi connectivity index (χ0) is 18.4. The predicted octanol–water partition coefficient (Wildman–Crippen LogP) is 4.46. The van der Waals surface area contributed by atoms with Gasteiger partial charge in [0.25, 0.3) is 0 Å². The molecule has 0 aliphatic heterocycles. The lowest BCUT2D eigenvalue weighted by Gasteiger charge is -2.10. The summed E-state index contributed by atoms with van der Waals surface area (Å²) in [4.78, 5) is 24.5. The average molecular weight is 348 g/mol. The highest BCUT2D eigenvalue weighted by Crippen LogP contribution is 2.16. The summed E-state index contributed by atoms with van der Waals surface area (Å²) in [6.45, 7) is -0.501. The number of rotatable bonds is 6. The Hall–Kier alpha value is -3.27. The van der Waals surface area contributed by atoms with Gasteiger partial charge in [-0.05, 0) is 35.7 Å². The Morgan fingerprint density at radius 2 is 1.38 bits per heavy atom. The van der Waals surface area contributed by atoms with Crippen LogP contribution in [0.1, 0.15) is 31.8 Å². The van der Waals surface area contributed by atoms with E-state index in [1.165, 1.54) is 18.2 Å². The van der Waals surface area contributed by atoms with Crippen LogP contribution in [0.3, 0.4) is 0 Å². The number of carbonyl (C=O) groups excluding carboxylic acids is 2. The lowest BCUT2D eigenvalue weighted by Crippen LogP contribution is -2.16. The predicted molar refractivity (Wildman–Crippen MR) is 96.7 cm³/mol. The van der Waals surface area contributed by atoms with E-state index < -0.39 is 24.2 Å². The maximum atomic E-state index is 13.6. The van der Waals surface area contributed by atoms with Gasteiger partial charge in [-0.1, -0.05) is 60.7 Å². The minimum absolute atomic E-state index is 0.0853. The molecule has 3 nitrogen and oxygen atoms in total. The first kappa shape index (κ1) is 17.5. The second-order valence-corrected chi connectivity index (χ2v) is 5.80. The molecule has 26 heavy (non-hydrogen) atoms. The van der Waals surface area contributed by atoms with Crippen molar-refractivity contribution in [3.63, 3.8) is 0 Å². The number of hydrogen-bond acceptors (Lipinski definition) is 3. The molecule has 0 spiro atoms. The summed E-state index contributed by atoms with van der Waals surface area (Å²) in [5.74, 6) is -1.80. The van der Waals surface area contributed by atoms with Crippen molar-refractivity contribution in [1.29, 1.82) is 0 Å². The molecule has 0 aliphatic rings. The van der Waals surface area contributed by atoms with Gasteiger partial charge in [0.2, 0.25) is 5.78 Å². The number of halogens is 1. The zero-order valence-corrected chi connectivity index (χ0v) is 14.0. The number of ether oxygens (including phenoxy) is 1. The van der Waals surface area contributed by atoms with Gasteiger partial charge in [0.05, 0.1) is 11.1 Å².